The maximum absolute atomic E-state index is 12.6. The standard InChI is InChI=1S/C24H20N4O2S/c1-30-21-10-8-17(9-11-21)22-26-24-28(27-22)20(15-31-24)12-13-25-23(29)19-7-6-16-4-2-3-5-18(16)14-19/h2-11,14-15H,12-13H2,1H3,(H,25,29). The molecule has 0 atom stereocenters. The summed E-state index contributed by atoms with van der Waals surface area (Å²) in [7, 11) is 1.64. The number of methoxy groups -OCH3 is 1. The zero-order valence-corrected chi connectivity index (χ0v) is 17.7. The maximum Gasteiger partial charge on any atom is 0.251 e. The molecule has 0 saturated carbocycles. The summed E-state index contributed by atoms with van der Waals surface area (Å²) in [5.74, 6) is 1.40. The molecule has 0 spiro atoms. The third-order valence-corrected chi connectivity index (χ3v) is 6.04. The van der Waals surface area contributed by atoms with Crippen LogP contribution in [0.1, 0.15) is 16.1 Å². The van der Waals surface area contributed by atoms with Gasteiger partial charge in [-0.2, -0.15) is 4.98 Å². The summed E-state index contributed by atoms with van der Waals surface area (Å²) in [5.41, 5.74) is 2.62. The molecule has 1 amide bonds. The average Bonchev–Trinajstić information content (AvgIpc) is 3.40. The van der Waals surface area contributed by atoms with E-state index in [0.717, 1.165) is 32.7 Å². The molecule has 154 valence electrons. The van der Waals surface area contributed by atoms with E-state index in [2.05, 4.69) is 15.4 Å². The van der Waals surface area contributed by atoms with E-state index < -0.39 is 0 Å². The normalized spacial score (nSPS) is 11.1. The number of hydrogen-bond acceptors (Lipinski definition) is 5. The molecular weight excluding hydrogens is 408 g/mol. The number of ether oxygens (including phenoxy) is 1. The molecule has 0 bridgehead atoms. The highest BCUT2D eigenvalue weighted by Gasteiger charge is 2.12. The van der Waals surface area contributed by atoms with Crippen LogP contribution < -0.4 is 10.1 Å². The number of aromatic nitrogens is 3. The number of amides is 1. The van der Waals surface area contributed by atoms with E-state index >= 15 is 0 Å². The topological polar surface area (TPSA) is 68.5 Å². The van der Waals surface area contributed by atoms with E-state index in [0.29, 0.717) is 24.4 Å². The van der Waals surface area contributed by atoms with E-state index in [1.165, 1.54) is 0 Å². The predicted octanol–water partition coefficient (Wildman–Crippen LogP) is 4.59. The van der Waals surface area contributed by atoms with Gasteiger partial charge in [-0.05, 0) is 47.2 Å². The Balaban J connectivity index is 1.27. The molecule has 7 heteroatoms. The molecule has 3 aromatic carbocycles. The molecule has 5 rings (SSSR count). The highest BCUT2D eigenvalue weighted by atomic mass is 32.1. The van der Waals surface area contributed by atoms with Gasteiger partial charge in [0.05, 0.1) is 12.8 Å². The first-order chi connectivity index (χ1) is 15.2. The average molecular weight is 429 g/mol. The molecule has 31 heavy (non-hydrogen) atoms. The van der Waals surface area contributed by atoms with Crippen LogP contribution in [-0.4, -0.2) is 34.2 Å². The van der Waals surface area contributed by atoms with Crippen LogP contribution >= 0.6 is 11.3 Å². The van der Waals surface area contributed by atoms with Crippen LogP contribution in [0.4, 0.5) is 0 Å². The number of benzene rings is 3. The van der Waals surface area contributed by atoms with Crippen molar-refractivity contribution >= 4 is 33.0 Å². The van der Waals surface area contributed by atoms with E-state index in [9.17, 15) is 4.79 Å². The summed E-state index contributed by atoms with van der Waals surface area (Å²) >= 11 is 1.55. The third-order valence-electron chi connectivity index (χ3n) is 5.18. The van der Waals surface area contributed by atoms with Crippen LogP contribution in [0.3, 0.4) is 0 Å². The molecule has 0 fully saturated rings. The Bertz CT molecular complexity index is 1370. The molecule has 0 unspecified atom stereocenters. The van der Waals surface area contributed by atoms with E-state index in [1.54, 1.807) is 18.4 Å². The van der Waals surface area contributed by atoms with Crippen molar-refractivity contribution in [2.75, 3.05) is 13.7 Å². The molecule has 2 heterocycles. The number of fused-ring (bicyclic) bond motifs is 2. The summed E-state index contributed by atoms with van der Waals surface area (Å²) in [6.45, 7) is 0.523. The minimum absolute atomic E-state index is 0.0743. The number of nitrogens with zero attached hydrogens (tertiary/aromatic N) is 3. The third kappa shape index (κ3) is 3.87. The van der Waals surface area contributed by atoms with Crippen molar-refractivity contribution < 1.29 is 9.53 Å². The number of carbonyl (C=O) groups excluding carboxylic acids is 1. The van der Waals surface area contributed by atoms with Crippen molar-refractivity contribution in [2.45, 2.75) is 6.42 Å². The van der Waals surface area contributed by atoms with E-state index in [1.807, 2.05) is 76.6 Å². The Morgan fingerprint density at radius 1 is 1.06 bits per heavy atom. The maximum atomic E-state index is 12.6. The van der Waals surface area contributed by atoms with Gasteiger partial charge >= 0.3 is 0 Å². The van der Waals surface area contributed by atoms with Gasteiger partial charge in [-0.3, -0.25) is 4.79 Å². The number of carbonyl (C=O) groups is 1. The van der Waals surface area contributed by atoms with Crippen molar-refractivity contribution in [1.82, 2.24) is 19.9 Å². The van der Waals surface area contributed by atoms with Crippen molar-refractivity contribution in [1.29, 1.82) is 0 Å². The smallest absolute Gasteiger partial charge is 0.251 e. The van der Waals surface area contributed by atoms with Crippen LogP contribution in [0.15, 0.2) is 72.1 Å². The minimum Gasteiger partial charge on any atom is -0.497 e. The Kier molecular flexibility index (Phi) is 5.09. The molecule has 1 N–H and O–H groups in total. The van der Waals surface area contributed by atoms with E-state index in [-0.39, 0.29) is 5.91 Å². The Morgan fingerprint density at radius 3 is 2.68 bits per heavy atom. The monoisotopic (exact) mass is 428 g/mol. The van der Waals surface area contributed by atoms with Gasteiger partial charge in [0.25, 0.3) is 5.91 Å². The van der Waals surface area contributed by atoms with Crippen LogP contribution in [0, 0.1) is 0 Å². The van der Waals surface area contributed by atoms with Gasteiger partial charge < -0.3 is 10.1 Å². The van der Waals surface area contributed by atoms with Gasteiger partial charge in [-0.1, -0.05) is 30.3 Å². The zero-order valence-electron chi connectivity index (χ0n) is 16.9. The largest absolute Gasteiger partial charge is 0.497 e. The highest BCUT2D eigenvalue weighted by Crippen LogP contribution is 2.23. The first-order valence-electron chi connectivity index (χ1n) is 9.96. The van der Waals surface area contributed by atoms with Gasteiger partial charge in [0.15, 0.2) is 5.82 Å². The van der Waals surface area contributed by atoms with Crippen LogP contribution in [0.2, 0.25) is 0 Å². The summed E-state index contributed by atoms with van der Waals surface area (Å²) in [5, 5.41) is 11.9. The van der Waals surface area contributed by atoms with Crippen molar-refractivity contribution in [2.24, 2.45) is 0 Å². The second-order valence-corrected chi connectivity index (χ2v) is 7.99. The van der Waals surface area contributed by atoms with Gasteiger partial charge in [-0.15, -0.1) is 16.4 Å². The number of thiazole rings is 1. The number of nitrogens with one attached hydrogen (secondary N) is 1. The second-order valence-electron chi connectivity index (χ2n) is 7.15. The van der Waals surface area contributed by atoms with Gasteiger partial charge in [-0.25, -0.2) is 4.52 Å². The minimum atomic E-state index is -0.0743. The molecule has 0 saturated heterocycles. The Labute approximate surface area is 183 Å². The summed E-state index contributed by atoms with van der Waals surface area (Å²) < 4.78 is 7.06. The molecule has 0 aliphatic carbocycles. The summed E-state index contributed by atoms with van der Waals surface area (Å²) in [6, 6.07) is 21.5. The highest BCUT2D eigenvalue weighted by molar-refractivity contribution is 7.15. The second kappa shape index (κ2) is 8.20. The van der Waals surface area contributed by atoms with Crippen molar-refractivity contribution in [3.63, 3.8) is 0 Å². The Hall–Kier alpha value is -3.71. The van der Waals surface area contributed by atoms with Crippen LogP contribution in [-0.2, 0) is 6.42 Å². The summed E-state index contributed by atoms with van der Waals surface area (Å²) in [4.78, 5) is 18.0. The SMILES string of the molecule is COc1ccc(-c2nc3scc(CCNC(=O)c4ccc5ccccc5c4)n3n2)cc1. The molecule has 0 aliphatic heterocycles. The molecular formula is C24H20N4O2S. The molecule has 0 radical (unpaired) electrons. The van der Waals surface area contributed by atoms with E-state index in [4.69, 9.17) is 4.74 Å². The van der Waals surface area contributed by atoms with Gasteiger partial charge in [0, 0.05) is 29.5 Å². The summed E-state index contributed by atoms with van der Waals surface area (Å²) in [6.07, 6.45) is 0.671. The number of hydrogen-bond donors (Lipinski definition) is 1. The fraction of sp³-hybridized carbons (Fsp3) is 0.125. The zero-order chi connectivity index (χ0) is 21.2. The van der Waals surface area contributed by atoms with Crippen LogP contribution in [0.5, 0.6) is 5.75 Å². The van der Waals surface area contributed by atoms with Crippen LogP contribution in [0.25, 0.3) is 27.1 Å². The first-order valence-corrected chi connectivity index (χ1v) is 10.8. The molecule has 0 aliphatic rings. The van der Waals surface area contributed by atoms with Gasteiger partial charge in [0.2, 0.25) is 4.96 Å². The lowest BCUT2D eigenvalue weighted by Gasteiger charge is -2.06. The lowest BCUT2D eigenvalue weighted by Crippen LogP contribution is -2.26. The lowest BCUT2D eigenvalue weighted by atomic mass is 10.1. The molecule has 5 aromatic rings. The number of rotatable bonds is 6. The molecule has 2 aromatic heterocycles. The molecule has 6 nitrogen and oxygen atoms in total. The fourth-order valence-electron chi connectivity index (χ4n) is 3.50. The quantitative estimate of drug-likeness (QED) is 0.429. The lowest BCUT2D eigenvalue weighted by molar-refractivity contribution is 0.0954. The van der Waals surface area contributed by atoms with Crippen molar-refractivity contribution in [3.05, 3.63) is 83.4 Å². The van der Waals surface area contributed by atoms with Crippen molar-refractivity contribution in [3.8, 4) is 17.1 Å². The predicted molar refractivity (Wildman–Crippen MR) is 123 cm³/mol. The Morgan fingerprint density at radius 2 is 1.87 bits per heavy atom. The fourth-order valence-corrected chi connectivity index (χ4v) is 4.35. The first kappa shape index (κ1) is 19.3. The van der Waals surface area contributed by atoms with Gasteiger partial charge in [0.1, 0.15) is 5.75 Å².